The molecule has 2 nitrogen and oxygen atoms in total. The van der Waals surface area contributed by atoms with E-state index in [-0.39, 0.29) is 5.56 Å². The average Bonchev–Trinajstić information content (AvgIpc) is 1.97. The van der Waals surface area contributed by atoms with Crippen molar-refractivity contribution in [3.8, 4) is 0 Å². The molecule has 1 aromatic heterocycles. The Morgan fingerprint density at radius 1 is 1.64 bits per heavy atom. The molecule has 0 N–H and O–H groups in total. The first-order valence-corrected chi connectivity index (χ1v) is 4.22. The normalized spacial score (nSPS) is 10.2. The molecule has 0 atom stereocenters. The van der Waals surface area contributed by atoms with Gasteiger partial charge in [0, 0.05) is 7.05 Å². The van der Waals surface area contributed by atoms with Crippen molar-refractivity contribution in [1.82, 2.24) is 4.57 Å². The molecule has 0 saturated carbocycles. The number of aromatic nitrogens is 1. The van der Waals surface area contributed by atoms with Gasteiger partial charge in [-0.1, -0.05) is 11.6 Å². The Hall–Kier alpha value is -0.280. The molecule has 0 fully saturated rings. The van der Waals surface area contributed by atoms with Gasteiger partial charge >= 0.3 is 0 Å². The molecule has 1 heterocycles. The lowest BCUT2D eigenvalue weighted by atomic mass is 10.3. The van der Waals surface area contributed by atoms with Crippen LogP contribution >= 0.6 is 27.5 Å². The molecule has 0 radical (unpaired) electrons. The van der Waals surface area contributed by atoms with E-state index in [4.69, 9.17) is 11.6 Å². The summed E-state index contributed by atoms with van der Waals surface area (Å²) in [6, 6.07) is 1.71. The maximum absolute atomic E-state index is 11.2. The van der Waals surface area contributed by atoms with Crippen LogP contribution in [0.3, 0.4) is 0 Å². The lowest BCUT2D eigenvalue weighted by Crippen LogP contribution is -2.18. The number of aryl methyl sites for hydroxylation is 1. The van der Waals surface area contributed by atoms with Gasteiger partial charge in [0.25, 0.3) is 5.56 Å². The number of hydrogen-bond donors (Lipinski definition) is 0. The third kappa shape index (κ3) is 1.49. The average molecular weight is 236 g/mol. The lowest BCUT2D eigenvalue weighted by molar-refractivity contribution is 0.846. The first-order chi connectivity index (χ1) is 5.04. The summed E-state index contributed by atoms with van der Waals surface area (Å²) in [5.41, 5.74) is 0.779. The van der Waals surface area contributed by atoms with Crippen molar-refractivity contribution in [3.63, 3.8) is 0 Å². The third-order valence-electron chi connectivity index (χ3n) is 1.47. The fourth-order valence-corrected chi connectivity index (χ4v) is 1.57. The van der Waals surface area contributed by atoms with Crippen LogP contribution in [0.5, 0.6) is 0 Å². The van der Waals surface area contributed by atoms with E-state index in [0.717, 1.165) is 5.56 Å². The highest BCUT2D eigenvalue weighted by Gasteiger charge is 2.04. The van der Waals surface area contributed by atoms with Crippen LogP contribution < -0.4 is 5.56 Å². The summed E-state index contributed by atoms with van der Waals surface area (Å²) in [5, 5.41) is 0.484. The fraction of sp³-hybridized carbons (Fsp3) is 0.286. The number of nitrogens with zero attached hydrogens (tertiary/aromatic N) is 1. The minimum atomic E-state index is -0.111. The van der Waals surface area contributed by atoms with Crippen molar-refractivity contribution in [1.29, 1.82) is 0 Å². The zero-order valence-corrected chi connectivity index (χ0v) is 8.53. The topological polar surface area (TPSA) is 22.0 Å². The molecule has 1 rings (SSSR count). The minimum absolute atomic E-state index is 0.111. The van der Waals surface area contributed by atoms with E-state index in [1.54, 1.807) is 13.1 Å². The Kier molecular flexibility index (Phi) is 2.40. The summed E-state index contributed by atoms with van der Waals surface area (Å²) in [4.78, 5) is 11.2. The molecule has 0 amide bonds. The van der Waals surface area contributed by atoms with Crippen LogP contribution in [-0.4, -0.2) is 4.57 Å². The maximum atomic E-state index is 11.2. The highest BCUT2D eigenvalue weighted by Crippen LogP contribution is 2.15. The highest BCUT2D eigenvalue weighted by molar-refractivity contribution is 9.10. The van der Waals surface area contributed by atoms with Crippen molar-refractivity contribution >= 4 is 27.5 Å². The second-order valence-corrected chi connectivity index (χ2v) is 3.54. The molecular weight excluding hydrogens is 229 g/mol. The first-order valence-electron chi connectivity index (χ1n) is 3.05. The third-order valence-corrected chi connectivity index (χ3v) is 2.59. The molecule has 11 heavy (non-hydrogen) atoms. The van der Waals surface area contributed by atoms with Gasteiger partial charge in [0.15, 0.2) is 0 Å². The summed E-state index contributed by atoms with van der Waals surface area (Å²) < 4.78 is 1.95. The number of pyridine rings is 1. The van der Waals surface area contributed by atoms with Crippen LogP contribution in [0.4, 0.5) is 0 Å². The Morgan fingerprint density at radius 3 is 2.73 bits per heavy atom. The molecule has 0 bridgehead atoms. The van der Waals surface area contributed by atoms with Crippen LogP contribution in [0, 0.1) is 6.92 Å². The maximum Gasteiger partial charge on any atom is 0.265 e. The molecule has 0 aromatic carbocycles. The zero-order valence-electron chi connectivity index (χ0n) is 6.19. The molecule has 0 saturated heterocycles. The summed E-state index contributed by atoms with van der Waals surface area (Å²) in [7, 11) is 1.64. The van der Waals surface area contributed by atoms with E-state index in [2.05, 4.69) is 15.9 Å². The molecule has 0 aliphatic heterocycles. The predicted molar refractivity (Wildman–Crippen MR) is 49.1 cm³/mol. The van der Waals surface area contributed by atoms with E-state index >= 15 is 0 Å². The van der Waals surface area contributed by atoms with Gasteiger partial charge in [0.2, 0.25) is 0 Å². The molecule has 60 valence electrons. The van der Waals surface area contributed by atoms with Crippen molar-refractivity contribution in [2.24, 2.45) is 7.05 Å². The Bertz CT molecular complexity index is 345. The monoisotopic (exact) mass is 235 g/mol. The van der Waals surface area contributed by atoms with Crippen LogP contribution in [0.1, 0.15) is 5.56 Å². The first kappa shape index (κ1) is 8.81. The van der Waals surface area contributed by atoms with E-state index in [0.29, 0.717) is 9.63 Å². The largest absolute Gasteiger partial charge is 0.301 e. The van der Waals surface area contributed by atoms with E-state index in [1.807, 2.05) is 6.92 Å². The molecular formula is C7H7BrClNO. The van der Waals surface area contributed by atoms with Gasteiger partial charge in [0.1, 0.15) is 5.15 Å². The van der Waals surface area contributed by atoms with Crippen molar-refractivity contribution < 1.29 is 0 Å². The molecule has 0 spiro atoms. The lowest BCUT2D eigenvalue weighted by Gasteiger charge is -2.04. The van der Waals surface area contributed by atoms with Crippen molar-refractivity contribution in [3.05, 3.63) is 31.6 Å². The molecule has 0 unspecified atom stereocenters. The van der Waals surface area contributed by atoms with Crippen molar-refractivity contribution in [2.75, 3.05) is 0 Å². The molecule has 4 heteroatoms. The predicted octanol–water partition coefficient (Wildman–Crippen LogP) is 2.11. The molecule has 0 aliphatic rings. The van der Waals surface area contributed by atoms with E-state index in [1.165, 1.54) is 4.57 Å². The summed E-state index contributed by atoms with van der Waals surface area (Å²) >= 11 is 8.94. The summed E-state index contributed by atoms with van der Waals surface area (Å²) in [5.74, 6) is 0. The second-order valence-electron chi connectivity index (χ2n) is 2.33. The number of rotatable bonds is 0. The Balaban J connectivity index is 3.59. The standard InChI is InChI=1S/C7H7BrClNO/c1-4-3-5(8)7(11)10(2)6(4)9/h3H,1-2H3. The van der Waals surface area contributed by atoms with Gasteiger partial charge in [-0.2, -0.15) is 0 Å². The Morgan fingerprint density at radius 2 is 2.18 bits per heavy atom. The van der Waals surface area contributed by atoms with Gasteiger partial charge < -0.3 is 4.57 Å². The molecule has 0 aliphatic carbocycles. The van der Waals surface area contributed by atoms with Gasteiger partial charge in [-0.3, -0.25) is 4.79 Å². The minimum Gasteiger partial charge on any atom is -0.301 e. The quantitative estimate of drug-likeness (QED) is 0.633. The number of halogens is 2. The smallest absolute Gasteiger partial charge is 0.265 e. The Labute approximate surface area is 77.9 Å². The van der Waals surface area contributed by atoms with Gasteiger partial charge in [0.05, 0.1) is 4.47 Å². The zero-order chi connectivity index (χ0) is 8.59. The van der Waals surface area contributed by atoms with Crippen LogP contribution in [-0.2, 0) is 7.05 Å². The van der Waals surface area contributed by atoms with Crippen molar-refractivity contribution in [2.45, 2.75) is 6.92 Å². The van der Waals surface area contributed by atoms with Gasteiger partial charge in [-0.25, -0.2) is 0 Å². The highest BCUT2D eigenvalue weighted by atomic mass is 79.9. The SMILES string of the molecule is Cc1cc(Br)c(=O)n(C)c1Cl. The van der Waals surface area contributed by atoms with Crippen LogP contribution in [0.25, 0.3) is 0 Å². The second kappa shape index (κ2) is 2.99. The summed E-state index contributed by atoms with van der Waals surface area (Å²) in [6.45, 7) is 1.85. The van der Waals surface area contributed by atoms with Crippen LogP contribution in [0.2, 0.25) is 5.15 Å². The summed E-state index contributed by atoms with van der Waals surface area (Å²) in [6.07, 6.45) is 0. The van der Waals surface area contributed by atoms with E-state index in [9.17, 15) is 4.79 Å². The van der Waals surface area contributed by atoms with E-state index < -0.39 is 0 Å². The van der Waals surface area contributed by atoms with Gasteiger partial charge in [-0.15, -0.1) is 0 Å². The molecule has 1 aromatic rings. The van der Waals surface area contributed by atoms with Crippen LogP contribution in [0.15, 0.2) is 15.3 Å². The fourth-order valence-electron chi connectivity index (χ4n) is 0.825. The number of hydrogen-bond acceptors (Lipinski definition) is 1. The van der Waals surface area contributed by atoms with Gasteiger partial charge in [-0.05, 0) is 34.5 Å².